The molecule has 0 spiro atoms. The molecule has 0 saturated heterocycles. The number of halogens is 5. The van der Waals surface area contributed by atoms with E-state index in [1.54, 1.807) is 0 Å². The lowest BCUT2D eigenvalue weighted by molar-refractivity contribution is -0.161. The van der Waals surface area contributed by atoms with Crippen LogP contribution in [-0.2, 0) is 4.79 Å². The molecule has 0 aromatic heterocycles. The fourth-order valence-electron chi connectivity index (χ4n) is 2.38. The van der Waals surface area contributed by atoms with Crippen LogP contribution in [0.5, 0.6) is 5.75 Å². The molecule has 10 heteroatoms. The lowest BCUT2D eigenvalue weighted by Gasteiger charge is -2.32. The topological polar surface area (TPSA) is 67.6 Å². The van der Waals surface area contributed by atoms with Crippen molar-refractivity contribution in [3.63, 3.8) is 0 Å². The summed E-state index contributed by atoms with van der Waals surface area (Å²) in [6.07, 6.45) is -5.15. The zero-order valence-electron chi connectivity index (χ0n) is 12.4. The minimum absolute atomic E-state index is 0.0645. The van der Waals surface area contributed by atoms with Gasteiger partial charge in [0.15, 0.2) is 0 Å². The number of hydrazine groups is 1. The predicted octanol–water partition coefficient (Wildman–Crippen LogP) is 2.26. The molecule has 1 aliphatic rings. The van der Waals surface area contributed by atoms with E-state index in [-0.39, 0.29) is 22.6 Å². The molecule has 0 saturated carbocycles. The number of nitrogens with zero attached hydrogens (tertiary/aromatic N) is 1. The minimum Gasteiger partial charge on any atom is -0.435 e. The van der Waals surface area contributed by atoms with Gasteiger partial charge in [0.1, 0.15) is 17.5 Å². The van der Waals surface area contributed by atoms with Crippen LogP contribution in [0.1, 0.15) is 12.0 Å². The van der Waals surface area contributed by atoms with Crippen LogP contribution in [0.15, 0.2) is 30.0 Å². The van der Waals surface area contributed by atoms with Crippen LogP contribution in [0.3, 0.4) is 0 Å². The van der Waals surface area contributed by atoms with Crippen LogP contribution < -0.4 is 15.9 Å². The lowest BCUT2D eigenvalue weighted by atomic mass is 9.92. The first-order valence-electron chi connectivity index (χ1n) is 6.74. The number of ether oxygens (including phenoxy) is 1. The fourth-order valence-corrected chi connectivity index (χ4v) is 2.38. The van der Waals surface area contributed by atoms with E-state index in [1.165, 1.54) is 31.3 Å². The molecule has 132 valence electrons. The Bertz CT molecular complexity index is 641. The smallest absolute Gasteiger partial charge is 0.408 e. The van der Waals surface area contributed by atoms with Crippen LogP contribution in [-0.4, -0.2) is 36.8 Å². The van der Waals surface area contributed by atoms with Gasteiger partial charge in [-0.3, -0.25) is 4.79 Å². The Morgan fingerprint density at radius 1 is 1.29 bits per heavy atom. The Morgan fingerprint density at radius 3 is 2.33 bits per heavy atom. The third kappa shape index (κ3) is 3.94. The number of likely N-dealkylation sites (N-methyl/N-ethyl adjacent to an activating group) is 1. The largest absolute Gasteiger partial charge is 0.435 e. The Hall–Kier alpha value is -2.36. The Labute approximate surface area is 133 Å². The van der Waals surface area contributed by atoms with Crippen molar-refractivity contribution in [3.8, 4) is 5.75 Å². The molecule has 24 heavy (non-hydrogen) atoms. The number of nitrogens with one attached hydrogen (secondary N) is 1. The van der Waals surface area contributed by atoms with Crippen molar-refractivity contribution in [2.75, 3.05) is 7.05 Å². The molecule has 1 aliphatic heterocycles. The molecule has 1 unspecified atom stereocenters. The van der Waals surface area contributed by atoms with Crippen molar-refractivity contribution in [2.24, 2.45) is 5.84 Å². The van der Waals surface area contributed by atoms with Gasteiger partial charge in [0, 0.05) is 13.5 Å². The monoisotopic (exact) mass is 351 g/mol. The van der Waals surface area contributed by atoms with Crippen molar-refractivity contribution >= 4 is 11.5 Å². The van der Waals surface area contributed by atoms with Gasteiger partial charge in [-0.1, -0.05) is 12.1 Å². The fraction of sp³-hybridized carbons (Fsp3) is 0.357. The number of benzene rings is 1. The normalized spacial score (nSPS) is 18.7. The van der Waals surface area contributed by atoms with Crippen LogP contribution in [0.25, 0.3) is 5.57 Å². The van der Waals surface area contributed by atoms with Crippen molar-refractivity contribution < 1.29 is 31.5 Å². The molecule has 0 aliphatic carbocycles. The van der Waals surface area contributed by atoms with E-state index < -0.39 is 31.2 Å². The quantitative estimate of drug-likeness (QED) is 0.496. The van der Waals surface area contributed by atoms with E-state index in [0.717, 1.165) is 5.01 Å². The molecule has 0 radical (unpaired) electrons. The Balaban J connectivity index is 2.41. The summed E-state index contributed by atoms with van der Waals surface area (Å²) in [6, 6.07) is 2.89. The summed E-state index contributed by atoms with van der Waals surface area (Å²) < 4.78 is 67.3. The lowest BCUT2D eigenvalue weighted by Crippen LogP contribution is -2.51. The number of carbonyl (C=O) groups excluding carboxylic acids is 1. The maximum absolute atomic E-state index is 13.0. The van der Waals surface area contributed by atoms with E-state index in [9.17, 15) is 26.7 Å². The third-order valence-corrected chi connectivity index (χ3v) is 3.39. The summed E-state index contributed by atoms with van der Waals surface area (Å²) in [5.41, 5.74) is 0.195. The number of hydrogen-bond acceptors (Lipinski definition) is 4. The molecule has 1 heterocycles. The van der Waals surface area contributed by atoms with Crippen LogP contribution >= 0.6 is 0 Å². The molecule has 0 fully saturated rings. The molecular formula is C14H14F5N3O2. The summed E-state index contributed by atoms with van der Waals surface area (Å²) in [7, 11) is 1.32. The molecule has 3 N–H and O–H groups in total. The summed E-state index contributed by atoms with van der Waals surface area (Å²) >= 11 is 0. The highest BCUT2D eigenvalue weighted by Crippen LogP contribution is 2.35. The number of nitrogens with two attached hydrogens (primary N) is 1. The number of carbonyl (C=O) groups is 1. The second-order valence-electron chi connectivity index (χ2n) is 5.11. The molecule has 1 aromatic rings. The third-order valence-electron chi connectivity index (χ3n) is 3.39. The van der Waals surface area contributed by atoms with Gasteiger partial charge in [0.25, 0.3) is 5.91 Å². The van der Waals surface area contributed by atoms with Gasteiger partial charge in [-0.15, -0.1) is 0 Å². The highest BCUT2D eigenvalue weighted by atomic mass is 19.4. The van der Waals surface area contributed by atoms with E-state index in [1.807, 2.05) is 5.32 Å². The molecule has 5 nitrogen and oxygen atoms in total. The second-order valence-corrected chi connectivity index (χ2v) is 5.11. The maximum atomic E-state index is 13.0. The molecule has 1 atom stereocenters. The first kappa shape index (κ1) is 18.0. The zero-order valence-corrected chi connectivity index (χ0v) is 12.4. The summed E-state index contributed by atoms with van der Waals surface area (Å²) in [4.78, 5) is 12.0. The van der Waals surface area contributed by atoms with Gasteiger partial charge < -0.3 is 15.1 Å². The van der Waals surface area contributed by atoms with Gasteiger partial charge in [-0.05, 0) is 23.3 Å². The van der Waals surface area contributed by atoms with Gasteiger partial charge in [0.05, 0.1) is 0 Å². The molecule has 0 bridgehead atoms. The molecular weight excluding hydrogens is 337 g/mol. The summed E-state index contributed by atoms with van der Waals surface area (Å²) in [6.45, 7) is -3.02. The van der Waals surface area contributed by atoms with Gasteiger partial charge in [0.2, 0.25) is 0 Å². The average Bonchev–Trinajstić information content (AvgIpc) is 2.45. The van der Waals surface area contributed by atoms with Crippen molar-refractivity contribution in [3.05, 3.63) is 35.5 Å². The molecule has 1 aromatic carbocycles. The van der Waals surface area contributed by atoms with Crippen molar-refractivity contribution in [2.45, 2.75) is 25.3 Å². The number of hydrogen-bond donors (Lipinski definition) is 2. The highest BCUT2D eigenvalue weighted by Gasteiger charge is 2.45. The van der Waals surface area contributed by atoms with Crippen LogP contribution in [0, 0.1) is 0 Å². The summed E-state index contributed by atoms with van der Waals surface area (Å²) in [5, 5.41) is 2.78. The van der Waals surface area contributed by atoms with E-state index in [4.69, 9.17) is 5.84 Å². The Kier molecular flexibility index (Phi) is 4.97. The minimum atomic E-state index is -4.63. The second kappa shape index (κ2) is 6.63. The van der Waals surface area contributed by atoms with Crippen LogP contribution in [0.2, 0.25) is 0 Å². The van der Waals surface area contributed by atoms with Gasteiger partial charge in [-0.2, -0.15) is 22.0 Å². The number of rotatable bonds is 4. The first-order valence-corrected chi connectivity index (χ1v) is 6.74. The average molecular weight is 351 g/mol. The Morgan fingerprint density at radius 2 is 1.88 bits per heavy atom. The van der Waals surface area contributed by atoms with Gasteiger partial charge in [-0.25, -0.2) is 5.84 Å². The first-order chi connectivity index (χ1) is 11.1. The number of alkyl halides is 5. The molecule has 2 rings (SSSR count). The van der Waals surface area contributed by atoms with Crippen molar-refractivity contribution in [1.29, 1.82) is 0 Å². The maximum Gasteiger partial charge on any atom is 0.408 e. The zero-order chi connectivity index (χ0) is 18.1. The number of amides is 1. The van der Waals surface area contributed by atoms with E-state index in [2.05, 4.69) is 4.74 Å². The highest BCUT2D eigenvalue weighted by molar-refractivity contribution is 6.02. The summed E-state index contributed by atoms with van der Waals surface area (Å²) in [5.74, 6) is 4.44. The SMILES string of the molecule is CN(N)C1=C(c2ccc(OC(F)F)cc2)CC(C(F)(F)F)NC1=O. The van der Waals surface area contributed by atoms with E-state index >= 15 is 0 Å². The van der Waals surface area contributed by atoms with E-state index in [0.29, 0.717) is 0 Å². The van der Waals surface area contributed by atoms with Crippen LogP contribution in [0.4, 0.5) is 22.0 Å². The predicted molar refractivity (Wildman–Crippen MR) is 74.5 cm³/mol. The van der Waals surface area contributed by atoms with Crippen molar-refractivity contribution in [1.82, 2.24) is 10.3 Å². The standard InChI is InChI=1S/C14H14F5N3O2/c1-22(20)11-9(6-10(14(17,18)19)21-12(11)23)7-2-4-8(5-3-7)24-13(15)16/h2-5,10,13H,6,20H2,1H3,(H,21,23). The van der Waals surface area contributed by atoms with Gasteiger partial charge >= 0.3 is 12.8 Å². The molecule has 1 amide bonds.